The first-order chi connectivity index (χ1) is 37.9. The Bertz CT molecular complexity index is 1660. The number of esters is 1. The van der Waals surface area contributed by atoms with Crippen molar-refractivity contribution in [3.05, 3.63) is 97.2 Å². The number of hydrogen-bond donors (Lipinski definition) is 2. The Hall–Kier alpha value is -3.07. The van der Waals surface area contributed by atoms with Gasteiger partial charge in [-0.2, -0.15) is 0 Å². The van der Waals surface area contributed by atoms with Gasteiger partial charge in [0.1, 0.15) is 19.3 Å². The van der Waals surface area contributed by atoms with Crippen LogP contribution in [0.3, 0.4) is 0 Å². The van der Waals surface area contributed by atoms with Crippen molar-refractivity contribution < 1.29 is 37.3 Å². The van der Waals surface area contributed by atoms with Gasteiger partial charge in [0.2, 0.25) is 5.91 Å². The number of hydrogen-bond acceptors (Lipinski definition) is 6. The monoisotopic (exact) mass is 1110 g/mol. The Morgan fingerprint density at radius 2 is 0.782 bits per heavy atom. The fourth-order valence-electron chi connectivity index (χ4n) is 8.75. The molecule has 0 aromatic rings. The fourth-order valence-corrected chi connectivity index (χ4v) is 9.49. The Balaban J connectivity index is 5.27. The number of phosphoric acid groups is 1. The lowest BCUT2D eigenvalue weighted by atomic mass is 10.0. The highest BCUT2D eigenvalue weighted by Crippen LogP contribution is 2.43. The highest BCUT2D eigenvalue weighted by molar-refractivity contribution is 7.47. The quantitative estimate of drug-likeness (QED) is 0.0205. The number of carbonyl (C=O) groups excluding carboxylic acids is 2. The Morgan fingerprint density at radius 1 is 0.449 bits per heavy atom. The van der Waals surface area contributed by atoms with Crippen LogP contribution in [-0.4, -0.2) is 74.3 Å². The summed E-state index contributed by atoms with van der Waals surface area (Å²) in [7, 11) is 1.46. The van der Waals surface area contributed by atoms with Crippen LogP contribution >= 0.6 is 7.82 Å². The molecule has 0 saturated carbocycles. The highest BCUT2D eigenvalue weighted by atomic mass is 31.2. The minimum atomic E-state index is -4.46. The second-order valence-electron chi connectivity index (χ2n) is 22.6. The molecule has 0 aromatic carbocycles. The lowest BCUT2D eigenvalue weighted by Gasteiger charge is -2.27. The molecule has 0 aliphatic rings. The average molecular weight is 1110 g/mol. The molecular formula is C68H122N2O7P+. The molecule has 0 aliphatic carbocycles. The summed E-state index contributed by atoms with van der Waals surface area (Å²) in [5.41, 5.74) is 0. The van der Waals surface area contributed by atoms with Crippen LogP contribution < -0.4 is 5.32 Å². The van der Waals surface area contributed by atoms with Crippen molar-refractivity contribution >= 4 is 19.7 Å². The molecule has 0 rings (SSSR count). The lowest BCUT2D eigenvalue weighted by Crippen LogP contribution is -2.47. The van der Waals surface area contributed by atoms with Gasteiger partial charge < -0.3 is 19.4 Å². The predicted molar refractivity (Wildman–Crippen MR) is 337 cm³/mol. The summed E-state index contributed by atoms with van der Waals surface area (Å²) in [5, 5.41) is 3.05. The van der Waals surface area contributed by atoms with Gasteiger partial charge in [0.25, 0.3) is 0 Å². The summed E-state index contributed by atoms with van der Waals surface area (Å²) >= 11 is 0. The molecule has 0 spiro atoms. The van der Waals surface area contributed by atoms with Gasteiger partial charge in [0.05, 0.1) is 33.8 Å². The van der Waals surface area contributed by atoms with Crippen LogP contribution in [0.25, 0.3) is 0 Å². The largest absolute Gasteiger partial charge is 0.472 e. The predicted octanol–water partition coefficient (Wildman–Crippen LogP) is 19.9. The van der Waals surface area contributed by atoms with E-state index in [2.05, 4.69) is 111 Å². The van der Waals surface area contributed by atoms with Gasteiger partial charge in [0, 0.05) is 12.8 Å². The lowest BCUT2D eigenvalue weighted by molar-refractivity contribution is -0.870. The first kappa shape index (κ1) is 74.9. The zero-order valence-electron chi connectivity index (χ0n) is 51.4. The van der Waals surface area contributed by atoms with Crippen LogP contribution in [0.1, 0.15) is 271 Å². The maximum Gasteiger partial charge on any atom is 0.472 e. The molecule has 0 fully saturated rings. The van der Waals surface area contributed by atoms with E-state index in [9.17, 15) is 19.0 Å². The number of rotatable bonds is 57. The van der Waals surface area contributed by atoms with E-state index in [0.29, 0.717) is 23.9 Å². The van der Waals surface area contributed by atoms with Crippen molar-refractivity contribution in [2.24, 2.45) is 0 Å². The normalized spacial score (nSPS) is 14.3. The van der Waals surface area contributed by atoms with Crippen LogP contribution in [0.5, 0.6) is 0 Å². The minimum absolute atomic E-state index is 0.0296. The SMILES string of the molecule is CCCCC/C=C\C/C=C\C/C=C\C/C=C\CCCCCCCCCC(=O)NC(COP(=O)(O)OCC[N+](C)(C)C)C(/C=C\CCCCCCCCCCCC)OC(=O)CCCCCC/C=C\C/C=C\C/C=C\CCCCC. The number of nitrogens with one attached hydrogen (secondary N) is 1. The maximum atomic E-state index is 13.6. The van der Waals surface area contributed by atoms with Crippen molar-refractivity contribution in [1.82, 2.24) is 5.32 Å². The van der Waals surface area contributed by atoms with Gasteiger partial charge in [-0.25, -0.2) is 4.57 Å². The number of amides is 1. The molecule has 0 aromatic heterocycles. The van der Waals surface area contributed by atoms with E-state index >= 15 is 0 Å². The number of unbranched alkanes of at least 4 members (excludes halogenated alkanes) is 27. The zero-order valence-corrected chi connectivity index (χ0v) is 52.3. The second-order valence-corrected chi connectivity index (χ2v) is 24.0. The van der Waals surface area contributed by atoms with Gasteiger partial charge in [-0.3, -0.25) is 18.6 Å². The molecule has 78 heavy (non-hydrogen) atoms. The molecular weight excluding hydrogens is 988 g/mol. The van der Waals surface area contributed by atoms with Crippen molar-refractivity contribution in [1.29, 1.82) is 0 Å². The number of allylic oxidation sites excluding steroid dienone is 15. The summed E-state index contributed by atoms with van der Waals surface area (Å²) < 4.78 is 30.7. The van der Waals surface area contributed by atoms with Crippen LogP contribution in [0.4, 0.5) is 0 Å². The van der Waals surface area contributed by atoms with Gasteiger partial charge in [-0.05, 0) is 115 Å². The Labute approximate surface area is 481 Å². The number of quaternary nitrogens is 1. The van der Waals surface area contributed by atoms with Crippen molar-refractivity contribution in [2.45, 2.75) is 283 Å². The molecule has 3 atom stereocenters. The van der Waals surface area contributed by atoms with Gasteiger partial charge in [0.15, 0.2) is 0 Å². The number of nitrogens with zero attached hydrogens (tertiary/aromatic N) is 1. The molecule has 9 nitrogen and oxygen atoms in total. The van der Waals surface area contributed by atoms with Gasteiger partial charge >= 0.3 is 13.8 Å². The smallest absolute Gasteiger partial charge is 0.456 e. The summed E-state index contributed by atoms with van der Waals surface area (Å²) in [5.74, 6) is -0.545. The maximum absolute atomic E-state index is 13.6. The molecule has 2 N–H and O–H groups in total. The Kier molecular flexibility index (Phi) is 54.9. The van der Waals surface area contributed by atoms with E-state index < -0.39 is 20.0 Å². The van der Waals surface area contributed by atoms with Crippen molar-refractivity contribution in [2.75, 3.05) is 40.9 Å². The third kappa shape index (κ3) is 57.6. The van der Waals surface area contributed by atoms with Crippen molar-refractivity contribution in [3.8, 4) is 0 Å². The molecule has 3 unspecified atom stereocenters. The van der Waals surface area contributed by atoms with E-state index in [1.807, 2.05) is 33.3 Å². The van der Waals surface area contributed by atoms with Crippen LogP contribution in [0, 0.1) is 0 Å². The number of ether oxygens (including phenoxy) is 1. The van der Waals surface area contributed by atoms with Crippen LogP contribution in [-0.2, 0) is 27.9 Å². The van der Waals surface area contributed by atoms with Crippen LogP contribution in [0.15, 0.2) is 97.2 Å². The summed E-state index contributed by atoms with van der Waals surface area (Å²) in [6, 6.07) is -0.869. The fraction of sp³-hybridized carbons (Fsp3) is 0.735. The third-order valence-corrected chi connectivity index (χ3v) is 14.7. The Morgan fingerprint density at radius 3 is 1.19 bits per heavy atom. The summed E-state index contributed by atoms with van der Waals surface area (Å²) in [4.78, 5) is 37.7. The number of phosphoric ester groups is 1. The minimum Gasteiger partial charge on any atom is -0.456 e. The topological polar surface area (TPSA) is 111 Å². The number of carbonyl (C=O) groups is 2. The molecule has 0 saturated heterocycles. The van der Waals surface area contributed by atoms with E-state index in [4.69, 9.17) is 13.8 Å². The zero-order chi connectivity index (χ0) is 57.2. The third-order valence-electron chi connectivity index (χ3n) is 13.7. The average Bonchev–Trinajstić information content (AvgIpc) is 3.40. The summed E-state index contributed by atoms with van der Waals surface area (Å²) in [6.07, 6.45) is 76.8. The molecule has 10 heteroatoms. The highest BCUT2D eigenvalue weighted by Gasteiger charge is 2.30. The van der Waals surface area contributed by atoms with Gasteiger partial charge in [-0.1, -0.05) is 240 Å². The molecule has 1 amide bonds. The van der Waals surface area contributed by atoms with Crippen molar-refractivity contribution in [3.63, 3.8) is 0 Å². The van der Waals surface area contributed by atoms with E-state index in [-0.39, 0.29) is 31.5 Å². The molecule has 0 aliphatic heterocycles. The molecule has 0 radical (unpaired) electrons. The van der Waals surface area contributed by atoms with Gasteiger partial charge in [-0.15, -0.1) is 0 Å². The van der Waals surface area contributed by atoms with Crippen LogP contribution in [0.2, 0.25) is 0 Å². The number of likely N-dealkylation sites (N-methyl/N-ethyl adjacent to an activating group) is 1. The molecule has 450 valence electrons. The summed E-state index contributed by atoms with van der Waals surface area (Å²) in [6.45, 7) is 6.93. The van der Waals surface area contributed by atoms with E-state index in [1.54, 1.807) is 0 Å². The van der Waals surface area contributed by atoms with E-state index in [1.165, 1.54) is 122 Å². The molecule has 0 bridgehead atoms. The first-order valence-electron chi connectivity index (χ1n) is 32.1. The van der Waals surface area contributed by atoms with E-state index in [0.717, 1.165) is 109 Å². The molecule has 0 heterocycles. The second kappa shape index (κ2) is 57.2. The first-order valence-corrected chi connectivity index (χ1v) is 33.6. The standard InChI is InChI=1S/C68H121N2O7P/c1-7-10-13-16-19-22-25-28-30-32-33-34-35-36-37-39-40-42-45-48-51-54-57-60-67(71)69-65(64-76-78(73,74)75-63-62-70(4,5)6)66(59-56-53-50-47-44-27-24-21-18-15-12-9-3)77-68(72)61-58-55-52-49-46-43-41-38-31-29-26-23-20-17-14-11-8-2/h19-20,22-23,28-31,33-34,36-37,41,43,56,59,65-66H,7-18,21,24-27,32,35,38-40,42,44-55,57-58,60-64H2,1-6H3,(H-,69,71,73,74)/p+1/b22-19-,23-20-,30-28-,31-29-,34-33-,37-36-,43-41-,59-56-.